The summed E-state index contributed by atoms with van der Waals surface area (Å²) < 4.78 is 0. The number of aliphatic hydroxyl groups is 1. The number of hydrogen-bond donors (Lipinski definition) is 1. The van der Waals surface area contributed by atoms with Crippen LogP contribution in [0.25, 0.3) is 0 Å². The molecule has 132 valence electrons. The van der Waals surface area contributed by atoms with Gasteiger partial charge >= 0.3 is 0 Å². The van der Waals surface area contributed by atoms with Crippen LogP contribution in [0.15, 0.2) is 11.6 Å². The van der Waals surface area contributed by atoms with Gasteiger partial charge in [0.15, 0.2) is 5.78 Å². The Morgan fingerprint density at radius 1 is 1.21 bits per heavy atom. The third-order valence-corrected chi connectivity index (χ3v) is 8.47. The van der Waals surface area contributed by atoms with E-state index in [0.29, 0.717) is 35.9 Å². The molecule has 0 heterocycles. The van der Waals surface area contributed by atoms with Crippen LogP contribution in [0.4, 0.5) is 0 Å². The minimum absolute atomic E-state index is 0.132. The van der Waals surface area contributed by atoms with Crippen LogP contribution >= 0.6 is 0 Å². The summed E-state index contributed by atoms with van der Waals surface area (Å²) in [4.78, 5) is 24.7. The second-order valence-electron chi connectivity index (χ2n) is 9.30. The quantitative estimate of drug-likeness (QED) is 0.800. The predicted octanol–water partition coefficient (Wildman–Crippen LogP) is 3.55. The number of aliphatic hydroxyl groups excluding tert-OH is 1. The van der Waals surface area contributed by atoms with Crippen molar-refractivity contribution >= 4 is 11.6 Å². The molecule has 0 aliphatic heterocycles. The van der Waals surface area contributed by atoms with Crippen molar-refractivity contribution in [3.05, 3.63) is 11.6 Å². The lowest BCUT2D eigenvalue weighted by atomic mass is 9.43. The van der Waals surface area contributed by atoms with E-state index in [-0.39, 0.29) is 29.1 Å². The predicted molar refractivity (Wildman–Crippen MR) is 92.2 cm³/mol. The van der Waals surface area contributed by atoms with Crippen LogP contribution in [-0.2, 0) is 9.59 Å². The van der Waals surface area contributed by atoms with Crippen LogP contribution in [0.1, 0.15) is 59.3 Å². The minimum Gasteiger partial charge on any atom is -0.395 e. The van der Waals surface area contributed by atoms with Crippen LogP contribution in [-0.4, -0.2) is 23.3 Å². The summed E-state index contributed by atoms with van der Waals surface area (Å²) in [5.74, 6) is 2.64. The smallest absolute Gasteiger partial charge is 0.155 e. The average molecular weight is 330 g/mol. The van der Waals surface area contributed by atoms with E-state index in [2.05, 4.69) is 20.8 Å². The maximum atomic E-state index is 12.5. The lowest BCUT2D eigenvalue weighted by molar-refractivity contribution is -0.138. The third kappa shape index (κ3) is 1.88. The van der Waals surface area contributed by atoms with Gasteiger partial charge in [0, 0.05) is 23.7 Å². The summed E-state index contributed by atoms with van der Waals surface area (Å²) in [6.07, 6.45) is 7.24. The van der Waals surface area contributed by atoms with Crippen LogP contribution in [0.5, 0.6) is 0 Å². The fourth-order valence-corrected chi connectivity index (χ4v) is 7.24. The van der Waals surface area contributed by atoms with Gasteiger partial charge in [0.05, 0.1) is 6.61 Å². The molecule has 3 nitrogen and oxygen atoms in total. The molecule has 0 aromatic carbocycles. The van der Waals surface area contributed by atoms with E-state index in [9.17, 15) is 14.7 Å². The lowest BCUT2D eigenvalue weighted by Crippen LogP contribution is -2.57. The Morgan fingerprint density at radius 2 is 1.96 bits per heavy atom. The molecular formula is C21H30O3. The number of ketones is 2. The lowest BCUT2D eigenvalue weighted by Gasteiger charge is -2.61. The molecule has 2 unspecified atom stereocenters. The summed E-state index contributed by atoms with van der Waals surface area (Å²) in [6.45, 7) is 6.72. The van der Waals surface area contributed by atoms with Crippen molar-refractivity contribution in [2.45, 2.75) is 59.3 Å². The summed E-state index contributed by atoms with van der Waals surface area (Å²) in [5, 5.41) is 10.5. The van der Waals surface area contributed by atoms with Crippen molar-refractivity contribution < 1.29 is 14.7 Å². The molecule has 0 radical (unpaired) electrons. The normalized spacial score (nSPS) is 50.8. The summed E-state index contributed by atoms with van der Waals surface area (Å²) >= 11 is 0. The largest absolute Gasteiger partial charge is 0.395 e. The Kier molecular flexibility index (Phi) is 3.62. The van der Waals surface area contributed by atoms with Crippen LogP contribution in [0.3, 0.4) is 0 Å². The molecule has 3 saturated carbocycles. The SMILES string of the molecule is CC1C[C@@H]2[C@@H](CC[C@]3(C)C(=O)CC[C@@H]23)[C@]2(CO)C1=CC(=O)CC2C. The van der Waals surface area contributed by atoms with E-state index < -0.39 is 0 Å². The molecule has 24 heavy (non-hydrogen) atoms. The maximum Gasteiger partial charge on any atom is 0.155 e. The van der Waals surface area contributed by atoms with Gasteiger partial charge < -0.3 is 5.11 Å². The Labute approximate surface area is 144 Å². The first-order chi connectivity index (χ1) is 11.3. The second-order valence-corrected chi connectivity index (χ2v) is 9.30. The molecule has 4 aliphatic carbocycles. The molecule has 0 amide bonds. The Bertz CT molecular complexity index is 621. The Morgan fingerprint density at radius 3 is 2.67 bits per heavy atom. The molecule has 4 rings (SSSR count). The van der Waals surface area contributed by atoms with E-state index in [1.165, 1.54) is 5.57 Å². The molecule has 3 heteroatoms. The molecule has 0 spiro atoms. The van der Waals surface area contributed by atoms with Crippen molar-refractivity contribution in [1.29, 1.82) is 0 Å². The summed E-state index contributed by atoms with van der Waals surface area (Å²) in [5.41, 5.74) is 0.846. The number of fused-ring (bicyclic) bond motifs is 5. The summed E-state index contributed by atoms with van der Waals surface area (Å²) in [6, 6.07) is 0. The molecule has 0 aromatic rings. The van der Waals surface area contributed by atoms with Crippen molar-refractivity contribution in [1.82, 2.24) is 0 Å². The molecule has 0 aromatic heterocycles. The van der Waals surface area contributed by atoms with Gasteiger partial charge in [-0.2, -0.15) is 0 Å². The van der Waals surface area contributed by atoms with E-state index in [0.717, 1.165) is 32.1 Å². The van der Waals surface area contributed by atoms with Crippen molar-refractivity contribution in [2.75, 3.05) is 6.61 Å². The van der Waals surface area contributed by atoms with Crippen LogP contribution in [0.2, 0.25) is 0 Å². The number of hydrogen-bond acceptors (Lipinski definition) is 3. The van der Waals surface area contributed by atoms with Crippen LogP contribution in [0, 0.1) is 40.4 Å². The highest BCUT2D eigenvalue weighted by Gasteiger charge is 2.62. The summed E-state index contributed by atoms with van der Waals surface area (Å²) in [7, 11) is 0. The fourth-order valence-electron chi connectivity index (χ4n) is 7.24. The topological polar surface area (TPSA) is 54.4 Å². The van der Waals surface area contributed by atoms with Gasteiger partial charge in [-0.15, -0.1) is 0 Å². The Hall–Kier alpha value is -0.960. The van der Waals surface area contributed by atoms with Gasteiger partial charge in [-0.25, -0.2) is 0 Å². The zero-order valence-corrected chi connectivity index (χ0v) is 15.2. The minimum atomic E-state index is -0.233. The maximum absolute atomic E-state index is 12.5. The van der Waals surface area contributed by atoms with Gasteiger partial charge in [-0.05, 0) is 61.3 Å². The first kappa shape index (κ1) is 16.5. The van der Waals surface area contributed by atoms with E-state index in [4.69, 9.17) is 0 Å². The fraction of sp³-hybridized carbons (Fsp3) is 0.810. The van der Waals surface area contributed by atoms with Crippen molar-refractivity contribution in [2.24, 2.45) is 40.4 Å². The molecule has 4 aliphatic rings. The molecule has 7 atom stereocenters. The molecule has 3 fully saturated rings. The van der Waals surface area contributed by atoms with E-state index in [1.54, 1.807) is 0 Å². The molecule has 1 N–H and O–H groups in total. The molecular weight excluding hydrogens is 300 g/mol. The average Bonchev–Trinajstić information content (AvgIpc) is 2.84. The van der Waals surface area contributed by atoms with Gasteiger partial charge in [0.2, 0.25) is 0 Å². The number of carbonyl (C=O) groups is 2. The highest BCUT2D eigenvalue weighted by molar-refractivity contribution is 5.92. The van der Waals surface area contributed by atoms with Gasteiger partial charge in [-0.1, -0.05) is 26.3 Å². The highest BCUT2D eigenvalue weighted by atomic mass is 16.3. The number of Topliss-reactive ketones (excluding diaryl/α,β-unsaturated/α-hetero) is 1. The molecule has 0 bridgehead atoms. The number of carbonyl (C=O) groups excluding carboxylic acids is 2. The zero-order chi connectivity index (χ0) is 17.3. The van der Waals surface area contributed by atoms with Crippen molar-refractivity contribution in [3.63, 3.8) is 0 Å². The Balaban J connectivity index is 1.80. The van der Waals surface area contributed by atoms with Gasteiger partial charge in [0.25, 0.3) is 0 Å². The standard InChI is InChI=1S/C21H30O3/c1-12-8-15-16-4-5-19(24)20(16,3)7-6-17(15)21(11-22)13(2)9-14(23)10-18(12)21/h10,12-13,15-17,22H,4-9,11H2,1-3H3/t12?,13?,15-,16-,17+,20-,21+/m0/s1. The van der Waals surface area contributed by atoms with Gasteiger partial charge in [-0.3, -0.25) is 9.59 Å². The van der Waals surface area contributed by atoms with Gasteiger partial charge in [0.1, 0.15) is 5.78 Å². The third-order valence-electron chi connectivity index (χ3n) is 8.47. The van der Waals surface area contributed by atoms with Crippen molar-refractivity contribution in [3.8, 4) is 0 Å². The number of rotatable bonds is 1. The van der Waals surface area contributed by atoms with E-state index in [1.807, 2.05) is 6.08 Å². The first-order valence-corrected chi connectivity index (χ1v) is 9.73. The monoisotopic (exact) mass is 330 g/mol. The first-order valence-electron chi connectivity index (χ1n) is 9.73. The highest BCUT2D eigenvalue weighted by Crippen LogP contribution is 2.66. The van der Waals surface area contributed by atoms with Crippen LogP contribution < -0.4 is 0 Å². The second kappa shape index (κ2) is 5.27. The van der Waals surface area contributed by atoms with E-state index >= 15 is 0 Å². The zero-order valence-electron chi connectivity index (χ0n) is 15.2. The molecule has 0 saturated heterocycles.